The van der Waals surface area contributed by atoms with E-state index in [0.717, 1.165) is 25.3 Å². The predicted octanol–water partition coefficient (Wildman–Crippen LogP) is 1.76. The molecule has 2 fully saturated rings. The van der Waals surface area contributed by atoms with E-state index in [1.807, 2.05) is 0 Å². The molecule has 2 rings (SSSR count). The molecule has 3 nitrogen and oxygen atoms in total. The van der Waals surface area contributed by atoms with Crippen LogP contribution in [0.2, 0.25) is 0 Å². The number of nitrogens with two attached hydrogens (primary N) is 1. The van der Waals surface area contributed by atoms with Crippen LogP contribution in [0.1, 0.15) is 45.4 Å². The highest BCUT2D eigenvalue weighted by Crippen LogP contribution is 2.30. The fourth-order valence-corrected chi connectivity index (χ4v) is 3.30. The van der Waals surface area contributed by atoms with Crippen LogP contribution in [0.25, 0.3) is 0 Å². The number of hydrogen-bond donors (Lipinski definition) is 1. The average molecular weight is 224 g/mol. The molecule has 0 radical (unpaired) electrons. The van der Waals surface area contributed by atoms with Crippen molar-refractivity contribution >= 4 is 5.91 Å². The van der Waals surface area contributed by atoms with Gasteiger partial charge in [-0.3, -0.25) is 9.69 Å². The fourth-order valence-electron chi connectivity index (χ4n) is 3.30. The Kier molecular flexibility index (Phi) is 3.85. The summed E-state index contributed by atoms with van der Waals surface area (Å²) in [5.74, 6) is 0.854. The van der Waals surface area contributed by atoms with Crippen LogP contribution in [0.3, 0.4) is 0 Å². The number of amides is 1. The van der Waals surface area contributed by atoms with Gasteiger partial charge in [-0.05, 0) is 38.1 Å². The van der Waals surface area contributed by atoms with Gasteiger partial charge in [0.1, 0.15) is 0 Å². The lowest BCUT2D eigenvalue weighted by molar-refractivity contribution is -0.123. The smallest absolute Gasteiger partial charge is 0.221 e. The molecule has 0 unspecified atom stereocenters. The van der Waals surface area contributed by atoms with Gasteiger partial charge < -0.3 is 5.73 Å². The van der Waals surface area contributed by atoms with Gasteiger partial charge in [-0.1, -0.05) is 19.8 Å². The Hall–Kier alpha value is -0.570. The van der Waals surface area contributed by atoms with Gasteiger partial charge in [0.05, 0.1) is 5.92 Å². The monoisotopic (exact) mass is 224 g/mol. The van der Waals surface area contributed by atoms with E-state index in [1.165, 1.54) is 32.2 Å². The van der Waals surface area contributed by atoms with Gasteiger partial charge in [-0.15, -0.1) is 0 Å². The normalized spacial score (nSPS) is 37.2. The molecule has 2 N–H and O–H groups in total. The molecule has 0 aromatic heterocycles. The number of rotatable bonds is 2. The second kappa shape index (κ2) is 5.17. The maximum absolute atomic E-state index is 11.2. The van der Waals surface area contributed by atoms with Crippen LogP contribution in [-0.4, -0.2) is 29.9 Å². The van der Waals surface area contributed by atoms with Crippen LogP contribution in [0.4, 0.5) is 0 Å². The Morgan fingerprint density at radius 1 is 1.25 bits per heavy atom. The topological polar surface area (TPSA) is 46.3 Å². The van der Waals surface area contributed by atoms with Crippen molar-refractivity contribution in [1.82, 2.24) is 4.90 Å². The molecule has 16 heavy (non-hydrogen) atoms. The summed E-state index contributed by atoms with van der Waals surface area (Å²) < 4.78 is 0. The molecule has 0 spiro atoms. The molecule has 2 aliphatic rings. The lowest BCUT2D eigenvalue weighted by atomic mass is 9.84. The Balaban J connectivity index is 1.90. The molecule has 1 saturated heterocycles. The summed E-state index contributed by atoms with van der Waals surface area (Å²) >= 11 is 0. The number of piperidine rings is 1. The first-order valence-electron chi connectivity index (χ1n) is 6.70. The second-order valence-electron chi connectivity index (χ2n) is 5.66. The van der Waals surface area contributed by atoms with Crippen LogP contribution in [0, 0.1) is 11.8 Å². The van der Waals surface area contributed by atoms with Gasteiger partial charge in [0.15, 0.2) is 0 Å². The third-order valence-electron chi connectivity index (χ3n) is 4.28. The van der Waals surface area contributed by atoms with Gasteiger partial charge in [0.25, 0.3) is 0 Å². The standard InChI is InChI=1S/C13H24N2O/c1-10-4-2-6-12(8-10)15-7-3-5-11(9-15)13(14)16/h10-12H,2-9H2,1H3,(H2,14,16)/t10-,11+,12+/m1/s1. The summed E-state index contributed by atoms with van der Waals surface area (Å²) in [4.78, 5) is 13.8. The molecular weight excluding hydrogens is 200 g/mol. The lowest BCUT2D eigenvalue weighted by Gasteiger charge is -2.40. The molecule has 0 aromatic carbocycles. The third-order valence-corrected chi connectivity index (χ3v) is 4.28. The first-order valence-corrected chi connectivity index (χ1v) is 6.70. The maximum Gasteiger partial charge on any atom is 0.221 e. The quantitative estimate of drug-likeness (QED) is 0.777. The molecule has 3 heteroatoms. The highest BCUT2D eigenvalue weighted by Gasteiger charge is 2.30. The van der Waals surface area contributed by atoms with Crippen molar-refractivity contribution in [3.8, 4) is 0 Å². The van der Waals surface area contributed by atoms with E-state index >= 15 is 0 Å². The highest BCUT2D eigenvalue weighted by molar-refractivity contribution is 5.76. The largest absolute Gasteiger partial charge is 0.369 e. The maximum atomic E-state index is 11.2. The van der Waals surface area contributed by atoms with E-state index in [0.29, 0.717) is 6.04 Å². The summed E-state index contributed by atoms with van der Waals surface area (Å²) in [5.41, 5.74) is 5.42. The van der Waals surface area contributed by atoms with Gasteiger partial charge in [-0.25, -0.2) is 0 Å². The number of carbonyl (C=O) groups is 1. The number of likely N-dealkylation sites (tertiary alicyclic amines) is 1. The summed E-state index contributed by atoms with van der Waals surface area (Å²) in [6, 6.07) is 0.714. The summed E-state index contributed by atoms with van der Waals surface area (Å²) in [7, 11) is 0. The molecule has 1 aliphatic carbocycles. The Labute approximate surface area is 98.4 Å². The number of hydrogen-bond acceptors (Lipinski definition) is 2. The molecule has 1 aliphatic heterocycles. The second-order valence-corrected chi connectivity index (χ2v) is 5.66. The van der Waals surface area contributed by atoms with Crippen molar-refractivity contribution in [2.45, 2.75) is 51.5 Å². The first kappa shape index (κ1) is 11.9. The minimum atomic E-state index is -0.103. The third kappa shape index (κ3) is 2.76. The molecule has 1 saturated carbocycles. The molecule has 92 valence electrons. The summed E-state index contributed by atoms with van der Waals surface area (Å²) in [5, 5.41) is 0. The highest BCUT2D eigenvalue weighted by atomic mass is 16.1. The fraction of sp³-hybridized carbons (Fsp3) is 0.923. The van der Waals surface area contributed by atoms with E-state index in [4.69, 9.17) is 5.73 Å². The molecule has 1 heterocycles. The van der Waals surface area contributed by atoms with Crippen LogP contribution in [-0.2, 0) is 4.79 Å². The average Bonchev–Trinajstić information content (AvgIpc) is 2.29. The summed E-state index contributed by atoms with van der Waals surface area (Å²) in [6.45, 7) is 4.43. The molecule has 0 bridgehead atoms. The zero-order valence-corrected chi connectivity index (χ0v) is 10.3. The van der Waals surface area contributed by atoms with Crippen molar-refractivity contribution in [3.63, 3.8) is 0 Å². The van der Waals surface area contributed by atoms with Gasteiger partial charge in [-0.2, -0.15) is 0 Å². The van der Waals surface area contributed by atoms with Gasteiger partial charge in [0.2, 0.25) is 5.91 Å². The van der Waals surface area contributed by atoms with Crippen LogP contribution in [0.15, 0.2) is 0 Å². The minimum Gasteiger partial charge on any atom is -0.369 e. The zero-order valence-electron chi connectivity index (χ0n) is 10.3. The molecule has 1 amide bonds. The SMILES string of the molecule is C[C@@H]1CCC[C@H](N2CCC[C@H](C(N)=O)C2)C1. The summed E-state index contributed by atoms with van der Waals surface area (Å²) in [6.07, 6.45) is 7.49. The van der Waals surface area contributed by atoms with E-state index in [9.17, 15) is 4.79 Å². The van der Waals surface area contributed by atoms with Gasteiger partial charge >= 0.3 is 0 Å². The van der Waals surface area contributed by atoms with E-state index in [-0.39, 0.29) is 11.8 Å². The van der Waals surface area contributed by atoms with E-state index < -0.39 is 0 Å². The predicted molar refractivity (Wildman–Crippen MR) is 64.9 cm³/mol. The number of carbonyl (C=O) groups excluding carboxylic acids is 1. The Morgan fingerprint density at radius 2 is 2.06 bits per heavy atom. The van der Waals surface area contributed by atoms with Crippen LogP contribution in [0.5, 0.6) is 0 Å². The number of nitrogens with zero attached hydrogens (tertiary/aromatic N) is 1. The zero-order chi connectivity index (χ0) is 11.5. The van der Waals surface area contributed by atoms with E-state index in [1.54, 1.807) is 0 Å². The Morgan fingerprint density at radius 3 is 2.75 bits per heavy atom. The van der Waals surface area contributed by atoms with Gasteiger partial charge in [0, 0.05) is 12.6 Å². The van der Waals surface area contributed by atoms with Crippen molar-refractivity contribution in [2.75, 3.05) is 13.1 Å². The first-order chi connectivity index (χ1) is 7.66. The molecule has 3 atom stereocenters. The minimum absolute atomic E-state index is 0.103. The molecular formula is C13H24N2O. The number of primary amides is 1. The van der Waals surface area contributed by atoms with Crippen LogP contribution >= 0.6 is 0 Å². The van der Waals surface area contributed by atoms with Crippen LogP contribution < -0.4 is 5.73 Å². The Bertz CT molecular complexity index is 254. The van der Waals surface area contributed by atoms with Crippen molar-refractivity contribution in [3.05, 3.63) is 0 Å². The molecule has 0 aromatic rings. The van der Waals surface area contributed by atoms with Crippen molar-refractivity contribution in [1.29, 1.82) is 0 Å². The van der Waals surface area contributed by atoms with Crippen molar-refractivity contribution < 1.29 is 4.79 Å². The van der Waals surface area contributed by atoms with E-state index in [2.05, 4.69) is 11.8 Å². The van der Waals surface area contributed by atoms with Crippen molar-refractivity contribution in [2.24, 2.45) is 17.6 Å². The lowest BCUT2D eigenvalue weighted by Crippen LogP contribution is -2.47.